The van der Waals surface area contributed by atoms with Crippen molar-refractivity contribution >= 4 is 5.91 Å². The van der Waals surface area contributed by atoms with Crippen molar-refractivity contribution < 1.29 is 19.0 Å². The van der Waals surface area contributed by atoms with Crippen molar-refractivity contribution in [1.29, 1.82) is 0 Å². The van der Waals surface area contributed by atoms with Gasteiger partial charge in [0.1, 0.15) is 0 Å². The second-order valence-electron chi connectivity index (χ2n) is 7.13. The van der Waals surface area contributed by atoms with Gasteiger partial charge in [-0.2, -0.15) is 0 Å². The summed E-state index contributed by atoms with van der Waals surface area (Å²) in [4.78, 5) is 15.3. The Morgan fingerprint density at radius 3 is 2.38 bits per heavy atom. The highest BCUT2D eigenvalue weighted by Gasteiger charge is 2.33. The number of benzene rings is 1. The molecule has 1 aromatic rings. The van der Waals surface area contributed by atoms with Crippen molar-refractivity contribution in [3.63, 3.8) is 0 Å². The third kappa shape index (κ3) is 3.90. The van der Waals surface area contributed by atoms with Gasteiger partial charge in [-0.15, -0.1) is 0 Å². The minimum atomic E-state index is -0.0998. The van der Waals surface area contributed by atoms with Crippen molar-refractivity contribution in [1.82, 2.24) is 10.2 Å². The van der Waals surface area contributed by atoms with Gasteiger partial charge in [-0.1, -0.05) is 6.42 Å². The third-order valence-corrected chi connectivity index (χ3v) is 5.68. The Balaban J connectivity index is 1.68. The van der Waals surface area contributed by atoms with Crippen molar-refractivity contribution in [2.45, 2.75) is 38.1 Å². The highest BCUT2D eigenvalue weighted by Crippen LogP contribution is 2.38. The van der Waals surface area contributed by atoms with Crippen LogP contribution in [0.15, 0.2) is 12.1 Å². The van der Waals surface area contributed by atoms with E-state index in [4.69, 9.17) is 14.2 Å². The van der Waals surface area contributed by atoms with E-state index in [1.807, 2.05) is 0 Å². The van der Waals surface area contributed by atoms with E-state index in [1.54, 1.807) is 33.5 Å². The second-order valence-corrected chi connectivity index (χ2v) is 7.13. The van der Waals surface area contributed by atoms with Crippen LogP contribution in [0.5, 0.6) is 17.2 Å². The number of amides is 1. The first kappa shape index (κ1) is 18.8. The predicted molar refractivity (Wildman–Crippen MR) is 100 cm³/mol. The van der Waals surface area contributed by atoms with E-state index in [2.05, 4.69) is 10.2 Å². The van der Waals surface area contributed by atoms with E-state index in [9.17, 15) is 4.79 Å². The van der Waals surface area contributed by atoms with E-state index >= 15 is 0 Å². The molecule has 144 valence electrons. The first-order valence-electron chi connectivity index (χ1n) is 9.50. The summed E-state index contributed by atoms with van der Waals surface area (Å²) >= 11 is 0. The van der Waals surface area contributed by atoms with Gasteiger partial charge in [0.25, 0.3) is 5.91 Å². The van der Waals surface area contributed by atoms with E-state index in [-0.39, 0.29) is 5.91 Å². The van der Waals surface area contributed by atoms with Gasteiger partial charge in [-0.3, -0.25) is 4.79 Å². The molecule has 1 N–H and O–H groups in total. The molecule has 3 rings (SSSR count). The van der Waals surface area contributed by atoms with E-state index in [1.165, 1.54) is 45.2 Å². The molecule has 2 unspecified atom stereocenters. The summed E-state index contributed by atoms with van der Waals surface area (Å²) in [6.45, 7) is 3.14. The third-order valence-electron chi connectivity index (χ3n) is 5.68. The van der Waals surface area contributed by atoms with E-state index < -0.39 is 0 Å². The van der Waals surface area contributed by atoms with Crippen LogP contribution < -0.4 is 19.5 Å². The summed E-state index contributed by atoms with van der Waals surface area (Å²) in [5.74, 6) is 1.92. The van der Waals surface area contributed by atoms with Crippen LogP contribution in [-0.4, -0.2) is 57.8 Å². The zero-order chi connectivity index (χ0) is 18.5. The van der Waals surface area contributed by atoms with Gasteiger partial charge in [0.15, 0.2) is 11.5 Å². The number of carbonyl (C=O) groups excluding carboxylic acids is 1. The quantitative estimate of drug-likeness (QED) is 0.843. The van der Waals surface area contributed by atoms with Gasteiger partial charge in [-0.25, -0.2) is 0 Å². The first-order chi connectivity index (χ1) is 12.7. The first-order valence-corrected chi connectivity index (χ1v) is 9.50. The largest absolute Gasteiger partial charge is 0.493 e. The van der Waals surface area contributed by atoms with Crippen LogP contribution in [0, 0.1) is 5.92 Å². The molecule has 26 heavy (non-hydrogen) atoms. The fourth-order valence-corrected chi connectivity index (χ4v) is 4.35. The Morgan fingerprint density at radius 1 is 1.04 bits per heavy atom. The molecule has 6 nitrogen and oxygen atoms in total. The van der Waals surface area contributed by atoms with Gasteiger partial charge >= 0.3 is 0 Å². The molecular weight excluding hydrogens is 332 g/mol. The molecule has 0 saturated carbocycles. The molecule has 2 fully saturated rings. The molecule has 0 radical (unpaired) electrons. The number of nitrogens with one attached hydrogen (secondary N) is 1. The Morgan fingerprint density at radius 2 is 1.73 bits per heavy atom. The summed E-state index contributed by atoms with van der Waals surface area (Å²) in [6, 6.07) is 4.02. The maximum absolute atomic E-state index is 12.7. The lowest BCUT2D eigenvalue weighted by molar-refractivity contribution is 0.0575. The van der Waals surface area contributed by atoms with Crippen molar-refractivity contribution in [3.05, 3.63) is 17.7 Å². The maximum Gasteiger partial charge on any atom is 0.251 e. The number of carbonyl (C=O) groups is 1. The molecule has 2 aliphatic heterocycles. The van der Waals surface area contributed by atoms with Crippen LogP contribution in [0.1, 0.15) is 42.5 Å². The molecule has 2 saturated heterocycles. The van der Waals surface area contributed by atoms with Gasteiger partial charge in [0.2, 0.25) is 5.75 Å². The van der Waals surface area contributed by atoms with Crippen LogP contribution in [0.3, 0.4) is 0 Å². The lowest BCUT2D eigenvalue weighted by Gasteiger charge is -2.44. The zero-order valence-electron chi connectivity index (χ0n) is 16.0. The topological polar surface area (TPSA) is 60.0 Å². The fourth-order valence-electron chi connectivity index (χ4n) is 4.35. The molecule has 1 amide bonds. The average Bonchev–Trinajstić information content (AvgIpc) is 2.70. The van der Waals surface area contributed by atoms with E-state index in [0.29, 0.717) is 34.8 Å². The van der Waals surface area contributed by atoms with Gasteiger partial charge in [-0.05, 0) is 56.8 Å². The van der Waals surface area contributed by atoms with Crippen LogP contribution in [0.25, 0.3) is 0 Å². The van der Waals surface area contributed by atoms with Crippen molar-refractivity contribution in [3.8, 4) is 17.2 Å². The standard InChI is InChI=1S/C20H30N2O4/c1-24-17-11-15(12-18(25-2)19(17)26-3)20(23)21-13-14-7-6-10-22-9-5-4-8-16(14)22/h11-12,14,16H,4-10,13H2,1-3H3,(H,21,23). The predicted octanol–water partition coefficient (Wildman–Crippen LogP) is 2.71. The molecule has 0 spiro atoms. The molecule has 0 aliphatic carbocycles. The SMILES string of the molecule is COc1cc(C(=O)NCC2CCCN3CCCCC23)cc(OC)c1OC. The van der Waals surface area contributed by atoms with E-state index in [0.717, 1.165) is 6.54 Å². The second kappa shape index (κ2) is 8.62. The fraction of sp³-hybridized carbons (Fsp3) is 0.650. The van der Waals surface area contributed by atoms with Crippen LogP contribution in [-0.2, 0) is 0 Å². The summed E-state index contributed by atoms with van der Waals surface area (Å²) < 4.78 is 16.0. The smallest absolute Gasteiger partial charge is 0.251 e. The average molecular weight is 362 g/mol. The monoisotopic (exact) mass is 362 g/mol. The Kier molecular flexibility index (Phi) is 6.25. The summed E-state index contributed by atoms with van der Waals surface area (Å²) in [5, 5.41) is 3.12. The van der Waals surface area contributed by atoms with Crippen molar-refractivity contribution in [2.24, 2.45) is 5.92 Å². The minimum Gasteiger partial charge on any atom is -0.493 e. The summed E-state index contributed by atoms with van der Waals surface area (Å²) in [7, 11) is 4.66. The Hall–Kier alpha value is -1.95. The van der Waals surface area contributed by atoms with Gasteiger partial charge < -0.3 is 24.4 Å². The van der Waals surface area contributed by atoms with Crippen LogP contribution in [0.4, 0.5) is 0 Å². The number of ether oxygens (including phenoxy) is 3. The molecule has 0 aromatic heterocycles. The zero-order valence-corrected chi connectivity index (χ0v) is 16.0. The molecule has 2 heterocycles. The Bertz CT molecular complexity index is 607. The summed E-state index contributed by atoms with van der Waals surface area (Å²) in [6.07, 6.45) is 6.28. The molecular formula is C20H30N2O4. The lowest BCUT2D eigenvalue weighted by atomic mass is 9.83. The lowest BCUT2D eigenvalue weighted by Crippen LogP contribution is -2.51. The highest BCUT2D eigenvalue weighted by molar-refractivity contribution is 5.95. The normalized spacial score (nSPS) is 23.0. The number of hydrogen-bond donors (Lipinski definition) is 1. The van der Waals surface area contributed by atoms with Gasteiger partial charge in [0.05, 0.1) is 21.3 Å². The summed E-state index contributed by atoms with van der Waals surface area (Å²) in [5.41, 5.74) is 0.524. The van der Waals surface area contributed by atoms with Crippen LogP contribution in [0.2, 0.25) is 0 Å². The minimum absolute atomic E-state index is 0.0998. The highest BCUT2D eigenvalue weighted by atomic mass is 16.5. The Labute approximate surface area is 155 Å². The number of nitrogens with zero attached hydrogens (tertiary/aromatic N) is 1. The van der Waals surface area contributed by atoms with Gasteiger partial charge in [0, 0.05) is 18.2 Å². The van der Waals surface area contributed by atoms with Crippen molar-refractivity contribution in [2.75, 3.05) is 41.0 Å². The molecule has 1 aromatic carbocycles. The number of rotatable bonds is 6. The maximum atomic E-state index is 12.7. The molecule has 2 aliphatic rings. The molecule has 6 heteroatoms. The van der Waals surface area contributed by atoms with Crippen LogP contribution >= 0.6 is 0 Å². The molecule has 2 atom stereocenters. The number of piperidine rings is 2. The number of methoxy groups -OCH3 is 3. The molecule has 0 bridgehead atoms. The number of fused-ring (bicyclic) bond motifs is 1. The number of hydrogen-bond acceptors (Lipinski definition) is 5.